The molecule has 0 spiro atoms. The maximum absolute atomic E-state index is 13.3. The number of hydrogen-bond donors (Lipinski definition) is 2. The molecule has 3 N–H and O–H groups in total. The fourth-order valence-electron chi connectivity index (χ4n) is 3.80. The summed E-state index contributed by atoms with van der Waals surface area (Å²) < 4.78 is 30.8. The minimum atomic E-state index is -3.85. The SMILES string of the molecule is CCCCc1ccc(S(=O)(=O)Nc2cc(-c3ccc(C(N)=O)cc3)nn2-c2ccccc2C)cc1. The molecule has 0 saturated heterocycles. The Morgan fingerprint density at radius 3 is 2.31 bits per heavy atom. The average molecular weight is 489 g/mol. The summed E-state index contributed by atoms with van der Waals surface area (Å²) in [6.45, 7) is 4.06. The van der Waals surface area contributed by atoms with Gasteiger partial charge in [0.15, 0.2) is 0 Å². The van der Waals surface area contributed by atoms with Gasteiger partial charge in [0.05, 0.1) is 16.3 Å². The highest BCUT2D eigenvalue weighted by Gasteiger charge is 2.20. The fourth-order valence-corrected chi connectivity index (χ4v) is 4.83. The van der Waals surface area contributed by atoms with E-state index in [2.05, 4.69) is 16.7 Å². The maximum atomic E-state index is 13.3. The molecule has 4 rings (SSSR count). The molecular formula is C27H28N4O3S. The minimum absolute atomic E-state index is 0.183. The molecule has 1 aromatic heterocycles. The molecule has 0 fully saturated rings. The van der Waals surface area contributed by atoms with Crippen LogP contribution in [0, 0.1) is 6.92 Å². The highest BCUT2D eigenvalue weighted by Crippen LogP contribution is 2.28. The summed E-state index contributed by atoms with van der Waals surface area (Å²) in [6.07, 6.45) is 3.06. The van der Waals surface area contributed by atoms with Gasteiger partial charge in [-0.2, -0.15) is 5.10 Å². The summed E-state index contributed by atoms with van der Waals surface area (Å²) in [5.74, 6) is -0.209. The summed E-state index contributed by atoms with van der Waals surface area (Å²) >= 11 is 0. The van der Waals surface area contributed by atoms with Gasteiger partial charge in [0, 0.05) is 17.2 Å². The number of benzene rings is 3. The van der Waals surface area contributed by atoms with Crippen molar-refractivity contribution in [1.29, 1.82) is 0 Å². The first kappa shape index (κ1) is 24.2. The summed E-state index contributed by atoms with van der Waals surface area (Å²) in [7, 11) is -3.85. The second-order valence-corrected chi connectivity index (χ2v) is 10.1. The van der Waals surface area contributed by atoms with Crippen molar-refractivity contribution in [1.82, 2.24) is 9.78 Å². The van der Waals surface area contributed by atoms with Crippen LogP contribution in [-0.2, 0) is 16.4 Å². The van der Waals surface area contributed by atoms with E-state index in [0.29, 0.717) is 17.1 Å². The molecule has 3 aromatic carbocycles. The summed E-state index contributed by atoms with van der Waals surface area (Å²) in [5, 5.41) is 4.69. The van der Waals surface area contributed by atoms with Crippen molar-refractivity contribution in [3.63, 3.8) is 0 Å². The Balaban J connectivity index is 1.72. The second-order valence-electron chi connectivity index (χ2n) is 8.41. The Kier molecular flexibility index (Phi) is 7.02. The van der Waals surface area contributed by atoms with Crippen molar-refractivity contribution in [2.45, 2.75) is 38.0 Å². The van der Waals surface area contributed by atoms with Crippen LogP contribution in [0.4, 0.5) is 5.82 Å². The Bertz CT molecular complexity index is 1440. The predicted octanol–water partition coefficient (Wildman–Crippen LogP) is 5.09. The number of hydrogen-bond acceptors (Lipinski definition) is 4. The molecule has 180 valence electrons. The van der Waals surface area contributed by atoms with Gasteiger partial charge in [0.1, 0.15) is 5.82 Å². The lowest BCUT2D eigenvalue weighted by Crippen LogP contribution is -2.16. The van der Waals surface area contributed by atoms with Crippen LogP contribution >= 0.6 is 0 Å². The maximum Gasteiger partial charge on any atom is 0.263 e. The first-order chi connectivity index (χ1) is 16.8. The Hall–Kier alpha value is -3.91. The van der Waals surface area contributed by atoms with Crippen LogP contribution in [-0.4, -0.2) is 24.1 Å². The van der Waals surface area contributed by atoms with E-state index < -0.39 is 15.9 Å². The number of nitrogens with one attached hydrogen (secondary N) is 1. The third-order valence-electron chi connectivity index (χ3n) is 5.81. The lowest BCUT2D eigenvalue weighted by molar-refractivity contribution is 0.100. The second kappa shape index (κ2) is 10.1. The van der Waals surface area contributed by atoms with E-state index in [1.807, 2.05) is 43.3 Å². The molecule has 4 aromatic rings. The number of anilines is 1. The van der Waals surface area contributed by atoms with Crippen molar-refractivity contribution >= 4 is 21.7 Å². The number of carbonyl (C=O) groups is 1. The summed E-state index contributed by atoms with van der Waals surface area (Å²) in [4.78, 5) is 11.6. The topological polar surface area (TPSA) is 107 Å². The van der Waals surface area contributed by atoms with Gasteiger partial charge in [-0.1, -0.05) is 55.8 Å². The average Bonchev–Trinajstić information content (AvgIpc) is 3.26. The Labute approximate surface area is 205 Å². The van der Waals surface area contributed by atoms with Crippen LogP contribution in [0.2, 0.25) is 0 Å². The third kappa shape index (κ3) is 5.44. The number of amides is 1. The lowest BCUT2D eigenvalue weighted by atomic mass is 10.1. The molecule has 0 aliphatic heterocycles. The smallest absolute Gasteiger partial charge is 0.263 e. The molecule has 8 heteroatoms. The zero-order valence-corrected chi connectivity index (χ0v) is 20.5. The third-order valence-corrected chi connectivity index (χ3v) is 7.18. The Morgan fingerprint density at radius 1 is 1.00 bits per heavy atom. The van der Waals surface area contributed by atoms with Gasteiger partial charge in [0.25, 0.3) is 10.0 Å². The van der Waals surface area contributed by atoms with E-state index in [9.17, 15) is 13.2 Å². The lowest BCUT2D eigenvalue weighted by Gasteiger charge is -2.12. The normalized spacial score (nSPS) is 11.4. The van der Waals surface area contributed by atoms with Crippen molar-refractivity contribution in [3.8, 4) is 16.9 Å². The zero-order chi connectivity index (χ0) is 25.0. The molecule has 0 unspecified atom stereocenters. The molecule has 1 amide bonds. The van der Waals surface area contributed by atoms with Crippen LogP contribution in [0.1, 0.15) is 41.3 Å². The van der Waals surface area contributed by atoms with Gasteiger partial charge in [-0.15, -0.1) is 0 Å². The molecule has 0 aliphatic carbocycles. The number of primary amides is 1. The highest BCUT2D eigenvalue weighted by molar-refractivity contribution is 7.92. The molecule has 0 saturated carbocycles. The van der Waals surface area contributed by atoms with Crippen LogP contribution < -0.4 is 10.5 Å². The fraction of sp³-hybridized carbons (Fsp3) is 0.185. The van der Waals surface area contributed by atoms with E-state index in [-0.39, 0.29) is 4.90 Å². The van der Waals surface area contributed by atoms with Crippen LogP contribution in [0.5, 0.6) is 0 Å². The van der Waals surface area contributed by atoms with Gasteiger partial charge in [0.2, 0.25) is 5.91 Å². The first-order valence-corrected chi connectivity index (χ1v) is 12.9. The van der Waals surface area contributed by atoms with Crippen LogP contribution in [0.3, 0.4) is 0 Å². The number of para-hydroxylation sites is 1. The number of carbonyl (C=O) groups excluding carboxylic acids is 1. The van der Waals surface area contributed by atoms with Crippen LogP contribution in [0.25, 0.3) is 16.9 Å². The largest absolute Gasteiger partial charge is 0.366 e. The van der Waals surface area contributed by atoms with E-state index >= 15 is 0 Å². The molecule has 1 heterocycles. The number of nitrogens with two attached hydrogens (primary N) is 1. The predicted molar refractivity (Wildman–Crippen MR) is 138 cm³/mol. The number of unbranched alkanes of at least 4 members (excludes halogenated alkanes) is 1. The molecule has 7 nitrogen and oxygen atoms in total. The van der Waals surface area contributed by atoms with Gasteiger partial charge >= 0.3 is 0 Å². The van der Waals surface area contributed by atoms with Crippen molar-refractivity contribution in [3.05, 3.63) is 95.6 Å². The monoisotopic (exact) mass is 488 g/mol. The van der Waals surface area contributed by atoms with E-state index in [0.717, 1.165) is 41.6 Å². The van der Waals surface area contributed by atoms with E-state index in [1.54, 1.807) is 47.1 Å². The molecular weight excluding hydrogens is 460 g/mol. The van der Waals surface area contributed by atoms with Crippen molar-refractivity contribution in [2.24, 2.45) is 5.73 Å². The highest BCUT2D eigenvalue weighted by atomic mass is 32.2. The van der Waals surface area contributed by atoms with Crippen molar-refractivity contribution in [2.75, 3.05) is 4.72 Å². The standard InChI is InChI=1S/C27H28N4O3S/c1-3-4-8-20-10-16-23(17-11-20)35(33,34)30-26-18-24(21-12-14-22(15-13-21)27(28)32)29-31(26)25-9-6-5-7-19(25)2/h5-7,9-18,30H,3-4,8H2,1-2H3,(H2,28,32). The van der Waals surface area contributed by atoms with Gasteiger partial charge < -0.3 is 5.73 Å². The number of rotatable bonds is 9. The molecule has 35 heavy (non-hydrogen) atoms. The number of aromatic nitrogens is 2. The van der Waals surface area contributed by atoms with Crippen LogP contribution in [0.15, 0.2) is 83.8 Å². The van der Waals surface area contributed by atoms with Gasteiger partial charge in [-0.05, 0) is 61.2 Å². The molecule has 0 atom stereocenters. The summed E-state index contributed by atoms with van der Waals surface area (Å²) in [5.41, 5.74) is 9.80. The Morgan fingerprint density at radius 2 is 1.69 bits per heavy atom. The molecule has 0 radical (unpaired) electrons. The van der Waals surface area contributed by atoms with E-state index in [1.165, 1.54) is 0 Å². The number of nitrogens with zero attached hydrogens (tertiary/aromatic N) is 2. The van der Waals surface area contributed by atoms with Gasteiger partial charge in [-0.25, -0.2) is 13.1 Å². The van der Waals surface area contributed by atoms with Crippen molar-refractivity contribution < 1.29 is 13.2 Å². The zero-order valence-electron chi connectivity index (χ0n) is 19.7. The van der Waals surface area contributed by atoms with E-state index in [4.69, 9.17) is 5.73 Å². The first-order valence-electron chi connectivity index (χ1n) is 11.5. The summed E-state index contributed by atoms with van der Waals surface area (Å²) in [6, 6.07) is 23.0. The van der Waals surface area contributed by atoms with Gasteiger partial charge in [-0.3, -0.25) is 9.52 Å². The number of sulfonamides is 1. The quantitative estimate of drug-likeness (QED) is 0.342. The molecule has 0 aliphatic rings. The minimum Gasteiger partial charge on any atom is -0.366 e. The number of aryl methyl sites for hydroxylation is 2. The molecule has 0 bridgehead atoms.